The van der Waals surface area contributed by atoms with E-state index in [0.29, 0.717) is 6.61 Å². The lowest BCUT2D eigenvalue weighted by molar-refractivity contribution is 0.0696. The molecule has 9 heteroatoms. The Balaban J connectivity index is 2.23. The first-order valence-corrected chi connectivity index (χ1v) is 13.5. The van der Waals surface area contributed by atoms with E-state index < -0.39 is 23.8 Å². The fourth-order valence-electron chi connectivity index (χ4n) is 2.25. The van der Waals surface area contributed by atoms with E-state index in [9.17, 15) is 9.00 Å². The summed E-state index contributed by atoms with van der Waals surface area (Å²) in [6, 6.07) is 6.51. The Morgan fingerprint density at radius 1 is 1.31 bits per heavy atom. The fourth-order valence-corrected chi connectivity index (χ4v) is 4.45. The number of nitrogens with one attached hydrogen (secondary N) is 1. The van der Waals surface area contributed by atoms with Gasteiger partial charge in [0.25, 0.3) is 0 Å². The number of rotatable bonds is 8. The predicted molar refractivity (Wildman–Crippen MR) is 102 cm³/mol. The SMILES string of the molecule is Cc1cnc(S(=N)(=O)c2ccc(C(=O)O)cc2)n1COCC[Si](C)(C)C. The van der Waals surface area contributed by atoms with Crippen LogP contribution in [0.3, 0.4) is 0 Å². The van der Waals surface area contributed by atoms with Gasteiger partial charge in [0.05, 0.1) is 10.5 Å². The Kier molecular flexibility index (Phi) is 6.04. The molecule has 0 aliphatic carbocycles. The molecule has 0 saturated heterocycles. The third kappa shape index (κ3) is 4.80. The first kappa shape index (κ1) is 20.3. The van der Waals surface area contributed by atoms with Gasteiger partial charge in [-0.05, 0) is 37.2 Å². The van der Waals surface area contributed by atoms with Crippen LogP contribution in [0.4, 0.5) is 0 Å². The average molecular weight is 396 g/mol. The van der Waals surface area contributed by atoms with Gasteiger partial charge in [0.2, 0.25) is 5.16 Å². The smallest absolute Gasteiger partial charge is 0.335 e. The molecule has 1 unspecified atom stereocenters. The molecule has 2 N–H and O–H groups in total. The molecule has 1 aromatic carbocycles. The molecule has 7 nitrogen and oxygen atoms in total. The number of aromatic carboxylic acids is 1. The van der Waals surface area contributed by atoms with E-state index in [0.717, 1.165) is 11.7 Å². The zero-order valence-corrected chi connectivity index (χ0v) is 17.3. The molecule has 0 fully saturated rings. The van der Waals surface area contributed by atoms with Crippen molar-refractivity contribution in [3.8, 4) is 0 Å². The molecule has 142 valence electrons. The van der Waals surface area contributed by atoms with Crippen LogP contribution in [0.25, 0.3) is 0 Å². The largest absolute Gasteiger partial charge is 0.478 e. The summed E-state index contributed by atoms with van der Waals surface area (Å²) in [5.74, 6) is -1.07. The number of hydrogen-bond acceptors (Lipinski definition) is 5. The quantitative estimate of drug-likeness (QED) is 0.524. The fraction of sp³-hybridized carbons (Fsp3) is 0.412. The monoisotopic (exact) mass is 395 g/mol. The van der Waals surface area contributed by atoms with Crippen LogP contribution >= 0.6 is 0 Å². The molecule has 0 bridgehead atoms. The molecule has 1 aromatic heterocycles. The molecule has 0 radical (unpaired) electrons. The molecule has 0 amide bonds. The zero-order chi connectivity index (χ0) is 19.5. The summed E-state index contributed by atoms with van der Waals surface area (Å²) < 4.78 is 28.8. The van der Waals surface area contributed by atoms with Crippen molar-refractivity contribution in [2.75, 3.05) is 6.61 Å². The summed E-state index contributed by atoms with van der Waals surface area (Å²) >= 11 is 0. The molecule has 0 spiro atoms. The molecule has 26 heavy (non-hydrogen) atoms. The van der Waals surface area contributed by atoms with Crippen LogP contribution in [0.15, 0.2) is 40.5 Å². The molecule has 2 aromatic rings. The minimum absolute atomic E-state index is 0.0816. The highest BCUT2D eigenvalue weighted by Gasteiger charge is 2.22. The topological polar surface area (TPSA) is 105 Å². The highest BCUT2D eigenvalue weighted by Crippen LogP contribution is 2.22. The van der Waals surface area contributed by atoms with Gasteiger partial charge in [0.15, 0.2) is 0 Å². The lowest BCUT2D eigenvalue weighted by atomic mass is 10.2. The van der Waals surface area contributed by atoms with Gasteiger partial charge in [-0.3, -0.25) is 4.57 Å². The van der Waals surface area contributed by atoms with Gasteiger partial charge >= 0.3 is 5.97 Å². The average Bonchev–Trinajstić information content (AvgIpc) is 2.92. The highest BCUT2D eigenvalue weighted by atomic mass is 32.2. The molecular weight excluding hydrogens is 370 g/mol. The highest BCUT2D eigenvalue weighted by molar-refractivity contribution is 7.92. The number of benzene rings is 1. The maximum atomic E-state index is 13.1. The number of carboxylic acid groups (broad SMARTS) is 1. The van der Waals surface area contributed by atoms with Crippen LogP contribution in [0.5, 0.6) is 0 Å². The van der Waals surface area contributed by atoms with E-state index in [2.05, 4.69) is 24.6 Å². The first-order chi connectivity index (χ1) is 12.0. The minimum atomic E-state index is -3.37. The van der Waals surface area contributed by atoms with Gasteiger partial charge in [0, 0.05) is 26.6 Å². The molecular formula is C17H25N3O4SSi. The summed E-state index contributed by atoms with van der Waals surface area (Å²) in [6.45, 7) is 9.42. The number of aromatic nitrogens is 2. The summed E-state index contributed by atoms with van der Waals surface area (Å²) in [5, 5.41) is 9.09. The van der Waals surface area contributed by atoms with Crippen LogP contribution in [-0.4, -0.2) is 39.5 Å². The maximum absolute atomic E-state index is 13.1. The number of nitrogens with zero attached hydrogens (tertiary/aromatic N) is 2. The molecule has 0 saturated carbocycles. The van der Waals surface area contributed by atoms with Gasteiger partial charge < -0.3 is 9.84 Å². The van der Waals surface area contributed by atoms with Gasteiger partial charge in [-0.1, -0.05) is 19.6 Å². The van der Waals surface area contributed by atoms with Crippen molar-refractivity contribution in [3.05, 3.63) is 41.7 Å². The number of carbonyl (C=O) groups is 1. The Morgan fingerprint density at radius 2 is 1.92 bits per heavy atom. The molecule has 1 atom stereocenters. The predicted octanol–water partition coefficient (Wildman–Crippen LogP) is 3.67. The van der Waals surface area contributed by atoms with E-state index in [-0.39, 0.29) is 22.3 Å². The van der Waals surface area contributed by atoms with Crippen LogP contribution in [0, 0.1) is 11.7 Å². The van der Waals surface area contributed by atoms with Crippen molar-refractivity contribution in [2.24, 2.45) is 0 Å². The number of hydrogen-bond donors (Lipinski definition) is 2. The number of ether oxygens (including phenoxy) is 1. The van der Waals surface area contributed by atoms with Crippen molar-refractivity contribution in [1.29, 1.82) is 4.78 Å². The third-order valence-corrected chi connectivity index (χ3v) is 7.41. The van der Waals surface area contributed by atoms with Gasteiger partial charge in [-0.15, -0.1) is 0 Å². The minimum Gasteiger partial charge on any atom is -0.478 e. The van der Waals surface area contributed by atoms with E-state index in [1.807, 2.05) is 6.92 Å². The second-order valence-corrected chi connectivity index (χ2v) is 14.9. The second-order valence-electron chi connectivity index (χ2n) is 7.34. The number of carboxylic acids is 1. The van der Waals surface area contributed by atoms with E-state index >= 15 is 0 Å². The van der Waals surface area contributed by atoms with E-state index in [1.54, 1.807) is 10.8 Å². The Labute approximate surface area is 155 Å². The lowest BCUT2D eigenvalue weighted by Gasteiger charge is -2.17. The Morgan fingerprint density at radius 3 is 2.46 bits per heavy atom. The van der Waals surface area contributed by atoms with Crippen molar-refractivity contribution in [3.63, 3.8) is 0 Å². The Hall–Kier alpha value is -1.97. The van der Waals surface area contributed by atoms with Crippen molar-refractivity contribution >= 4 is 23.8 Å². The summed E-state index contributed by atoms with van der Waals surface area (Å²) in [7, 11) is -4.57. The van der Waals surface area contributed by atoms with Crippen LogP contribution in [0.2, 0.25) is 25.7 Å². The van der Waals surface area contributed by atoms with E-state index in [1.165, 1.54) is 24.3 Å². The van der Waals surface area contributed by atoms with Crippen molar-refractivity contribution in [2.45, 2.75) is 49.4 Å². The van der Waals surface area contributed by atoms with Gasteiger partial charge in [-0.25, -0.2) is 18.8 Å². The van der Waals surface area contributed by atoms with Crippen molar-refractivity contribution in [1.82, 2.24) is 9.55 Å². The summed E-state index contributed by atoms with van der Waals surface area (Å²) in [6.07, 6.45) is 1.57. The normalized spacial score (nSPS) is 14.2. The summed E-state index contributed by atoms with van der Waals surface area (Å²) in [4.78, 5) is 15.3. The summed E-state index contributed by atoms with van der Waals surface area (Å²) in [5.41, 5.74) is 0.841. The van der Waals surface area contributed by atoms with Gasteiger partial charge in [-0.2, -0.15) is 0 Å². The Bertz CT molecular complexity index is 884. The van der Waals surface area contributed by atoms with Crippen molar-refractivity contribution < 1.29 is 18.8 Å². The zero-order valence-electron chi connectivity index (χ0n) is 15.5. The lowest BCUT2D eigenvalue weighted by Crippen LogP contribution is -2.22. The van der Waals surface area contributed by atoms with Crippen LogP contribution < -0.4 is 0 Å². The third-order valence-electron chi connectivity index (χ3n) is 3.93. The maximum Gasteiger partial charge on any atom is 0.335 e. The van der Waals surface area contributed by atoms with E-state index in [4.69, 9.17) is 14.6 Å². The molecule has 0 aliphatic heterocycles. The molecule has 1 heterocycles. The second kappa shape index (κ2) is 7.73. The van der Waals surface area contributed by atoms with Crippen LogP contribution in [-0.2, 0) is 21.2 Å². The van der Waals surface area contributed by atoms with Gasteiger partial charge in [0.1, 0.15) is 16.5 Å². The number of imidazole rings is 1. The van der Waals surface area contributed by atoms with Crippen LogP contribution in [0.1, 0.15) is 16.1 Å². The molecule has 2 rings (SSSR count). The standard InChI is InChI=1S/C17H25N3O4SSi/c1-13-11-19-17(20(13)12-24-9-10-26(2,3)4)25(18,23)15-7-5-14(6-8-15)16(21)22/h5-8,11,18H,9-10,12H2,1-4H3,(H,21,22). The molecule has 0 aliphatic rings. The number of aryl methyl sites for hydroxylation is 1. The first-order valence-electron chi connectivity index (χ1n) is 8.24.